The molecule has 24 heavy (non-hydrogen) atoms. The molecule has 2 aromatic carbocycles. The number of methoxy groups -OCH3 is 1. The average Bonchev–Trinajstić information content (AvgIpc) is 2.57. The van der Waals surface area contributed by atoms with E-state index in [4.69, 9.17) is 9.47 Å². The van der Waals surface area contributed by atoms with Gasteiger partial charge in [0.25, 0.3) is 5.91 Å². The van der Waals surface area contributed by atoms with Crippen LogP contribution in [0.1, 0.15) is 22.8 Å². The van der Waals surface area contributed by atoms with Crippen molar-refractivity contribution in [3.8, 4) is 17.2 Å². The lowest BCUT2D eigenvalue weighted by atomic mass is 10.2. The molecule has 2 rings (SSSR count). The molecule has 0 aromatic heterocycles. The van der Waals surface area contributed by atoms with Gasteiger partial charge in [-0.2, -0.15) is 5.10 Å². The molecule has 2 N–H and O–H groups in total. The summed E-state index contributed by atoms with van der Waals surface area (Å²) in [4.78, 5) is 12.1. The number of phenols is 1. The van der Waals surface area contributed by atoms with E-state index in [1.54, 1.807) is 37.4 Å². The van der Waals surface area contributed by atoms with Gasteiger partial charge in [0.1, 0.15) is 5.75 Å². The van der Waals surface area contributed by atoms with Gasteiger partial charge in [0.15, 0.2) is 11.5 Å². The molecule has 0 saturated heterocycles. The number of nitrogens with one attached hydrogen (secondary N) is 1. The van der Waals surface area contributed by atoms with Crippen LogP contribution in [0.15, 0.2) is 41.5 Å². The molecule has 7 heteroatoms. The van der Waals surface area contributed by atoms with Gasteiger partial charge in [-0.1, -0.05) is 0 Å². The summed E-state index contributed by atoms with van der Waals surface area (Å²) in [6.07, 6.45) is 1.48. The first kappa shape index (κ1) is 18.1. The van der Waals surface area contributed by atoms with Crippen molar-refractivity contribution >= 4 is 34.7 Å². The van der Waals surface area contributed by atoms with Crippen LogP contribution in [0.4, 0.5) is 0 Å². The molecule has 2 aromatic rings. The Hall–Kier alpha value is -2.29. The molecule has 0 fully saturated rings. The van der Waals surface area contributed by atoms with Gasteiger partial charge in [-0.25, -0.2) is 5.43 Å². The minimum absolute atomic E-state index is 0.0610. The summed E-state index contributed by atoms with van der Waals surface area (Å²) in [6.45, 7) is 2.28. The van der Waals surface area contributed by atoms with Crippen LogP contribution in [0, 0.1) is 3.57 Å². The van der Waals surface area contributed by atoms with E-state index in [0.717, 1.165) is 3.57 Å². The van der Waals surface area contributed by atoms with Gasteiger partial charge in [-0.3, -0.25) is 4.79 Å². The maximum absolute atomic E-state index is 12.1. The Morgan fingerprint density at radius 3 is 2.75 bits per heavy atom. The van der Waals surface area contributed by atoms with Crippen LogP contribution in [-0.2, 0) is 0 Å². The predicted octanol–water partition coefficient (Wildman–Crippen LogP) is 3.17. The molecule has 0 saturated carbocycles. The van der Waals surface area contributed by atoms with E-state index in [9.17, 15) is 9.90 Å². The molecule has 0 spiro atoms. The standard InChI is InChI=1S/C17H17IN2O4/c1-3-24-16-8-11(4-6-14(16)21)10-19-20-17(22)12-5-7-15(23-2)13(18)9-12/h4-10,21H,3H2,1-2H3,(H,20,22). The molecular formula is C17H17IN2O4. The van der Waals surface area contributed by atoms with Crippen LogP contribution < -0.4 is 14.9 Å². The lowest BCUT2D eigenvalue weighted by Crippen LogP contribution is -2.17. The number of ether oxygens (including phenoxy) is 2. The Bertz CT molecular complexity index is 762. The molecule has 6 nitrogen and oxygen atoms in total. The molecule has 0 unspecified atom stereocenters. The molecule has 126 valence electrons. The fourth-order valence-corrected chi connectivity index (χ4v) is 2.66. The van der Waals surface area contributed by atoms with Crippen molar-refractivity contribution in [1.29, 1.82) is 0 Å². The van der Waals surface area contributed by atoms with Gasteiger partial charge in [0.05, 0.1) is 23.5 Å². The molecule has 0 aliphatic carbocycles. The minimum Gasteiger partial charge on any atom is -0.504 e. The van der Waals surface area contributed by atoms with Crippen molar-refractivity contribution in [2.75, 3.05) is 13.7 Å². The number of carbonyl (C=O) groups excluding carboxylic acids is 1. The first-order chi connectivity index (χ1) is 11.5. The third kappa shape index (κ3) is 4.60. The summed E-state index contributed by atoms with van der Waals surface area (Å²) in [6, 6.07) is 9.95. The highest BCUT2D eigenvalue weighted by molar-refractivity contribution is 14.1. The Morgan fingerprint density at radius 2 is 2.08 bits per heavy atom. The fraction of sp³-hybridized carbons (Fsp3) is 0.176. The molecule has 0 bridgehead atoms. The number of rotatable bonds is 6. The largest absolute Gasteiger partial charge is 0.504 e. The number of benzene rings is 2. The van der Waals surface area contributed by atoms with E-state index in [-0.39, 0.29) is 11.7 Å². The second-order valence-electron chi connectivity index (χ2n) is 4.71. The Labute approximate surface area is 153 Å². The summed E-state index contributed by atoms with van der Waals surface area (Å²) in [5.74, 6) is 0.821. The number of halogens is 1. The number of amides is 1. The third-order valence-corrected chi connectivity index (χ3v) is 3.92. The predicted molar refractivity (Wildman–Crippen MR) is 100 cm³/mol. The number of phenolic OH excluding ortho intramolecular Hbond substituents is 1. The van der Waals surface area contributed by atoms with Crippen molar-refractivity contribution < 1.29 is 19.4 Å². The average molecular weight is 440 g/mol. The zero-order valence-corrected chi connectivity index (χ0v) is 15.4. The zero-order chi connectivity index (χ0) is 17.5. The molecular weight excluding hydrogens is 423 g/mol. The summed E-state index contributed by atoms with van der Waals surface area (Å²) < 4.78 is 11.3. The van der Waals surface area contributed by atoms with Crippen molar-refractivity contribution in [2.24, 2.45) is 5.10 Å². The summed E-state index contributed by atoms with van der Waals surface area (Å²) >= 11 is 2.10. The van der Waals surface area contributed by atoms with Gasteiger partial charge >= 0.3 is 0 Å². The van der Waals surface area contributed by atoms with Crippen LogP contribution in [-0.4, -0.2) is 30.9 Å². The van der Waals surface area contributed by atoms with Crippen molar-refractivity contribution in [3.63, 3.8) is 0 Å². The first-order valence-electron chi connectivity index (χ1n) is 7.18. The van der Waals surface area contributed by atoms with Crippen LogP contribution >= 0.6 is 22.6 Å². The van der Waals surface area contributed by atoms with Crippen molar-refractivity contribution in [1.82, 2.24) is 5.43 Å². The van der Waals surface area contributed by atoms with Gasteiger partial charge in [-0.05, 0) is 71.5 Å². The highest BCUT2D eigenvalue weighted by Gasteiger charge is 2.08. The van der Waals surface area contributed by atoms with Crippen molar-refractivity contribution in [3.05, 3.63) is 51.1 Å². The van der Waals surface area contributed by atoms with Gasteiger partial charge < -0.3 is 14.6 Å². The Morgan fingerprint density at radius 1 is 1.29 bits per heavy atom. The molecule has 0 aliphatic rings. The van der Waals surface area contributed by atoms with Gasteiger partial charge in [-0.15, -0.1) is 0 Å². The molecule has 1 amide bonds. The number of aromatic hydroxyl groups is 1. The highest BCUT2D eigenvalue weighted by atomic mass is 127. The van der Waals surface area contributed by atoms with E-state index in [1.807, 2.05) is 6.92 Å². The maximum atomic E-state index is 12.1. The Kier molecular flexibility index (Phi) is 6.42. The van der Waals surface area contributed by atoms with Crippen LogP contribution in [0.3, 0.4) is 0 Å². The number of nitrogens with zero attached hydrogens (tertiary/aromatic N) is 1. The maximum Gasteiger partial charge on any atom is 0.271 e. The number of hydrogen-bond acceptors (Lipinski definition) is 5. The highest BCUT2D eigenvalue weighted by Crippen LogP contribution is 2.26. The lowest BCUT2D eigenvalue weighted by Gasteiger charge is -2.06. The van der Waals surface area contributed by atoms with E-state index >= 15 is 0 Å². The quantitative estimate of drug-likeness (QED) is 0.411. The van der Waals surface area contributed by atoms with E-state index in [0.29, 0.717) is 29.2 Å². The van der Waals surface area contributed by atoms with E-state index in [2.05, 4.69) is 33.1 Å². The second kappa shape index (κ2) is 8.53. The SMILES string of the molecule is CCOc1cc(C=NNC(=O)c2ccc(OC)c(I)c2)ccc1O. The van der Waals surface area contributed by atoms with Crippen molar-refractivity contribution in [2.45, 2.75) is 6.92 Å². The zero-order valence-electron chi connectivity index (χ0n) is 13.2. The summed E-state index contributed by atoms with van der Waals surface area (Å²) in [7, 11) is 1.58. The van der Waals surface area contributed by atoms with E-state index < -0.39 is 0 Å². The molecule has 0 atom stereocenters. The smallest absolute Gasteiger partial charge is 0.271 e. The molecule has 0 aliphatic heterocycles. The molecule has 0 heterocycles. The number of hydrazone groups is 1. The number of carbonyl (C=O) groups is 1. The minimum atomic E-state index is -0.323. The van der Waals surface area contributed by atoms with Crippen LogP contribution in [0.2, 0.25) is 0 Å². The molecule has 0 radical (unpaired) electrons. The summed E-state index contributed by atoms with van der Waals surface area (Å²) in [5.41, 5.74) is 3.64. The monoisotopic (exact) mass is 440 g/mol. The Balaban J connectivity index is 2.04. The van der Waals surface area contributed by atoms with Crippen LogP contribution in [0.5, 0.6) is 17.2 Å². The number of hydrogen-bond donors (Lipinski definition) is 2. The van der Waals surface area contributed by atoms with Crippen LogP contribution in [0.25, 0.3) is 0 Å². The fourth-order valence-electron chi connectivity index (χ4n) is 1.92. The first-order valence-corrected chi connectivity index (χ1v) is 8.25. The topological polar surface area (TPSA) is 80.2 Å². The third-order valence-electron chi connectivity index (χ3n) is 3.08. The second-order valence-corrected chi connectivity index (χ2v) is 5.87. The van der Waals surface area contributed by atoms with Gasteiger partial charge in [0, 0.05) is 5.56 Å². The summed E-state index contributed by atoms with van der Waals surface area (Å²) in [5, 5.41) is 13.6. The van der Waals surface area contributed by atoms with E-state index in [1.165, 1.54) is 12.3 Å². The normalized spacial score (nSPS) is 10.6. The van der Waals surface area contributed by atoms with Gasteiger partial charge in [0.2, 0.25) is 0 Å². The lowest BCUT2D eigenvalue weighted by molar-refractivity contribution is 0.0955.